The highest BCUT2D eigenvalue weighted by atomic mass is 15.1. The van der Waals surface area contributed by atoms with Gasteiger partial charge in [0.25, 0.3) is 0 Å². The van der Waals surface area contributed by atoms with Crippen molar-refractivity contribution in [2.45, 2.75) is 52.0 Å². The molecule has 0 radical (unpaired) electrons. The molecule has 1 aromatic heterocycles. The lowest BCUT2D eigenvalue weighted by atomic mass is 10.2. The van der Waals surface area contributed by atoms with E-state index in [4.69, 9.17) is 0 Å². The third kappa shape index (κ3) is 4.20. The Morgan fingerprint density at radius 2 is 1.95 bits per heavy atom. The second-order valence-corrected chi connectivity index (χ2v) is 5.52. The molecule has 1 fully saturated rings. The van der Waals surface area contributed by atoms with E-state index in [1.165, 1.54) is 44.5 Å². The molecular weight excluding hydrogens is 234 g/mol. The van der Waals surface area contributed by atoms with E-state index in [1.54, 1.807) is 0 Å². The summed E-state index contributed by atoms with van der Waals surface area (Å²) in [4.78, 5) is 7.11. The van der Waals surface area contributed by atoms with Gasteiger partial charge in [0.2, 0.25) is 0 Å². The van der Waals surface area contributed by atoms with Gasteiger partial charge < -0.3 is 10.2 Å². The monoisotopic (exact) mass is 261 g/mol. The molecule has 1 unspecified atom stereocenters. The molecule has 1 atom stereocenters. The first kappa shape index (κ1) is 14.3. The van der Waals surface area contributed by atoms with Crippen LogP contribution in [0, 0.1) is 0 Å². The quantitative estimate of drug-likeness (QED) is 0.879. The molecule has 0 amide bonds. The number of hydrogen-bond acceptors (Lipinski definition) is 3. The predicted octanol–water partition coefficient (Wildman–Crippen LogP) is 3.52. The maximum Gasteiger partial charge on any atom is 0.0572 e. The Bertz CT molecular complexity index is 353. The fourth-order valence-electron chi connectivity index (χ4n) is 2.63. The minimum Gasteiger partial charge on any atom is -0.370 e. The molecule has 1 aromatic rings. The molecule has 19 heavy (non-hydrogen) atoms. The molecule has 0 aromatic carbocycles. The molecule has 1 N–H and O–H groups in total. The minimum atomic E-state index is 0.345. The van der Waals surface area contributed by atoms with Crippen LogP contribution in [-0.2, 0) is 0 Å². The molecule has 0 saturated carbocycles. The van der Waals surface area contributed by atoms with Crippen molar-refractivity contribution in [1.82, 2.24) is 10.3 Å². The Labute approximate surface area is 117 Å². The first-order chi connectivity index (χ1) is 9.31. The smallest absolute Gasteiger partial charge is 0.0572 e. The van der Waals surface area contributed by atoms with Crippen LogP contribution < -0.4 is 10.2 Å². The van der Waals surface area contributed by atoms with Crippen molar-refractivity contribution >= 4 is 5.69 Å². The third-order valence-corrected chi connectivity index (χ3v) is 3.89. The fourth-order valence-corrected chi connectivity index (χ4v) is 2.63. The van der Waals surface area contributed by atoms with Crippen LogP contribution in [0.1, 0.15) is 57.7 Å². The van der Waals surface area contributed by atoms with Crippen LogP contribution in [0.5, 0.6) is 0 Å². The van der Waals surface area contributed by atoms with E-state index in [-0.39, 0.29) is 0 Å². The number of pyridine rings is 1. The molecule has 3 heteroatoms. The largest absolute Gasteiger partial charge is 0.370 e. The van der Waals surface area contributed by atoms with Gasteiger partial charge in [0.15, 0.2) is 0 Å². The van der Waals surface area contributed by atoms with Gasteiger partial charge in [-0.3, -0.25) is 4.98 Å². The molecule has 1 aliphatic rings. The third-order valence-electron chi connectivity index (χ3n) is 3.89. The molecule has 0 spiro atoms. The molecular formula is C16H27N3. The van der Waals surface area contributed by atoms with Crippen molar-refractivity contribution in [2.75, 3.05) is 24.5 Å². The molecule has 1 saturated heterocycles. The average molecular weight is 261 g/mol. The summed E-state index contributed by atoms with van der Waals surface area (Å²) < 4.78 is 0. The predicted molar refractivity (Wildman–Crippen MR) is 81.6 cm³/mol. The van der Waals surface area contributed by atoms with Crippen molar-refractivity contribution in [3.05, 3.63) is 24.0 Å². The van der Waals surface area contributed by atoms with Crippen molar-refractivity contribution in [3.63, 3.8) is 0 Å². The van der Waals surface area contributed by atoms with Gasteiger partial charge in [-0.05, 0) is 44.9 Å². The highest BCUT2D eigenvalue weighted by Crippen LogP contribution is 2.20. The number of nitrogens with zero attached hydrogens (tertiary/aromatic N) is 2. The number of anilines is 1. The number of rotatable bonds is 5. The van der Waals surface area contributed by atoms with Gasteiger partial charge in [0.1, 0.15) is 0 Å². The molecule has 2 heterocycles. The van der Waals surface area contributed by atoms with Crippen LogP contribution in [0.4, 0.5) is 5.69 Å². The van der Waals surface area contributed by atoms with Crippen molar-refractivity contribution < 1.29 is 0 Å². The van der Waals surface area contributed by atoms with Crippen molar-refractivity contribution in [1.29, 1.82) is 0 Å². The van der Waals surface area contributed by atoms with E-state index in [9.17, 15) is 0 Å². The normalized spacial score (nSPS) is 18.1. The van der Waals surface area contributed by atoms with E-state index in [0.717, 1.165) is 18.7 Å². The number of hydrogen-bond donors (Lipinski definition) is 1. The maximum atomic E-state index is 4.63. The zero-order chi connectivity index (χ0) is 13.5. The zero-order valence-corrected chi connectivity index (χ0v) is 12.4. The zero-order valence-electron chi connectivity index (χ0n) is 12.4. The van der Waals surface area contributed by atoms with E-state index in [2.05, 4.69) is 41.2 Å². The van der Waals surface area contributed by atoms with Crippen LogP contribution in [0.2, 0.25) is 0 Å². The summed E-state index contributed by atoms with van der Waals surface area (Å²) in [6.07, 6.45) is 8.59. The van der Waals surface area contributed by atoms with Crippen LogP contribution in [-0.4, -0.2) is 24.6 Å². The van der Waals surface area contributed by atoms with E-state index >= 15 is 0 Å². The lowest BCUT2D eigenvalue weighted by Gasteiger charge is -2.23. The number of aromatic nitrogens is 1. The molecule has 0 bridgehead atoms. The van der Waals surface area contributed by atoms with Crippen LogP contribution >= 0.6 is 0 Å². The molecule has 2 rings (SSSR count). The summed E-state index contributed by atoms with van der Waals surface area (Å²) in [5.74, 6) is 0. The van der Waals surface area contributed by atoms with Gasteiger partial charge in [-0.15, -0.1) is 0 Å². The summed E-state index contributed by atoms with van der Waals surface area (Å²) in [5, 5.41) is 3.48. The summed E-state index contributed by atoms with van der Waals surface area (Å²) >= 11 is 0. The van der Waals surface area contributed by atoms with Crippen LogP contribution in [0.3, 0.4) is 0 Å². The minimum absolute atomic E-state index is 0.345. The first-order valence-corrected chi connectivity index (χ1v) is 7.75. The van der Waals surface area contributed by atoms with Gasteiger partial charge >= 0.3 is 0 Å². The van der Waals surface area contributed by atoms with Crippen molar-refractivity contribution in [3.8, 4) is 0 Å². The fraction of sp³-hybridized carbons (Fsp3) is 0.688. The second kappa shape index (κ2) is 7.49. The Morgan fingerprint density at radius 3 is 2.53 bits per heavy atom. The van der Waals surface area contributed by atoms with Gasteiger partial charge in [0, 0.05) is 19.1 Å². The highest BCUT2D eigenvalue weighted by Gasteiger charge is 2.11. The summed E-state index contributed by atoms with van der Waals surface area (Å²) in [5.41, 5.74) is 2.43. The SMILES string of the molecule is CCCNC(C)c1ccc(N2CCCCCC2)cn1. The highest BCUT2D eigenvalue weighted by molar-refractivity contribution is 5.44. The van der Waals surface area contributed by atoms with Gasteiger partial charge in [-0.2, -0.15) is 0 Å². The average Bonchev–Trinajstić information content (AvgIpc) is 2.74. The van der Waals surface area contributed by atoms with E-state index in [1.807, 2.05) is 6.20 Å². The maximum absolute atomic E-state index is 4.63. The van der Waals surface area contributed by atoms with Gasteiger partial charge in [-0.1, -0.05) is 19.8 Å². The lowest BCUT2D eigenvalue weighted by Crippen LogP contribution is -2.24. The number of nitrogens with one attached hydrogen (secondary N) is 1. The second-order valence-electron chi connectivity index (χ2n) is 5.52. The van der Waals surface area contributed by atoms with Crippen molar-refractivity contribution in [2.24, 2.45) is 0 Å². The van der Waals surface area contributed by atoms with Crippen LogP contribution in [0.25, 0.3) is 0 Å². The van der Waals surface area contributed by atoms with Crippen LogP contribution in [0.15, 0.2) is 18.3 Å². The molecule has 106 valence electrons. The Hall–Kier alpha value is -1.09. The Balaban J connectivity index is 1.96. The Kier molecular flexibility index (Phi) is 5.64. The van der Waals surface area contributed by atoms with Gasteiger partial charge in [-0.25, -0.2) is 0 Å². The van der Waals surface area contributed by atoms with E-state index in [0.29, 0.717) is 6.04 Å². The Morgan fingerprint density at radius 1 is 1.21 bits per heavy atom. The summed E-state index contributed by atoms with van der Waals surface area (Å²) in [6.45, 7) is 7.80. The topological polar surface area (TPSA) is 28.2 Å². The van der Waals surface area contributed by atoms with Gasteiger partial charge in [0.05, 0.1) is 17.6 Å². The summed E-state index contributed by atoms with van der Waals surface area (Å²) in [7, 11) is 0. The molecule has 3 nitrogen and oxygen atoms in total. The van der Waals surface area contributed by atoms with E-state index < -0.39 is 0 Å². The molecule has 1 aliphatic heterocycles. The standard InChI is InChI=1S/C16H27N3/c1-3-10-17-14(2)16-9-8-15(13-18-16)19-11-6-4-5-7-12-19/h8-9,13-14,17H,3-7,10-12H2,1-2H3. The lowest BCUT2D eigenvalue weighted by molar-refractivity contribution is 0.558. The first-order valence-electron chi connectivity index (χ1n) is 7.75. The molecule has 0 aliphatic carbocycles. The summed E-state index contributed by atoms with van der Waals surface area (Å²) in [6, 6.07) is 4.75.